The van der Waals surface area contributed by atoms with Crippen LogP contribution in [0.25, 0.3) is 0 Å². The van der Waals surface area contributed by atoms with Gasteiger partial charge in [0.05, 0.1) is 5.02 Å². The van der Waals surface area contributed by atoms with Gasteiger partial charge in [0.2, 0.25) is 0 Å². The molecule has 4 nitrogen and oxygen atoms in total. The van der Waals surface area contributed by atoms with E-state index in [-0.39, 0.29) is 16.5 Å². The molecule has 0 amide bonds. The molecule has 0 aliphatic heterocycles. The minimum Gasteiger partial charge on any atom is -0.506 e. The van der Waals surface area contributed by atoms with E-state index >= 15 is 0 Å². The van der Waals surface area contributed by atoms with Crippen LogP contribution in [-0.2, 0) is 4.79 Å². The second-order valence-corrected chi connectivity index (χ2v) is 3.89. The third kappa shape index (κ3) is 2.30. The fourth-order valence-corrected chi connectivity index (χ4v) is 1.73. The van der Waals surface area contributed by atoms with Crippen molar-refractivity contribution >= 4 is 29.3 Å². The smallest absolute Gasteiger partial charge is 0.322 e. The Morgan fingerprint density at radius 2 is 2.36 bits per heavy atom. The van der Waals surface area contributed by atoms with E-state index in [1.165, 1.54) is 12.3 Å². The van der Waals surface area contributed by atoms with E-state index in [2.05, 4.69) is 4.98 Å². The lowest BCUT2D eigenvalue weighted by molar-refractivity contribution is -0.136. The predicted octanol–water partition coefficient (Wildman–Crippen LogP) is 1.93. The van der Waals surface area contributed by atoms with Crippen LogP contribution in [0.3, 0.4) is 0 Å². The molecule has 2 N–H and O–H groups in total. The van der Waals surface area contributed by atoms with Crippen LogP contribution < -0.4 is 0 Å². The third-order valence-corrected chi connectivity index (χ3v) is 2.68. The lowest BCUT2D eigenvalue weighted by Crippen LogP contribution is -2.09. The molecule has 0 saturated carbocycles. The topological polar surface area (TPSA) is 70.4 Å². The molecule has 0 aliphatic rings. The van der Waals surface area contributed by atoms with Crippen LogP contribution in [0.5, 0.6) is 5.75 Å². The Bertz CT molecular complexity index is 358. The molecule has 0 saturated heterocycles. The van der Waals surface area contributed by atoms with Crippen LogP contribution in [0.2, 0.25) is 5.02 Å². The van der Waals surface area contributed by atoms with Gasteiger partial charge in [-0.2, -0.15) is 0 Å². The van der Waals surface area contributed by atoms with Crippen LogP contribution in [-0.4, -0.2) is 27.4 Å². The van der Waals surface area contributed by atoms with Crippen molar-refractivity contribution in [1.82, 2.24) is 4.98 Å². The summed E-state index contributed by atoms with van der Waals surface area (Å²) in [7, 11) is 0. The summed E-state index contributed by atoms with van der Waals surface area (Å²) in [6, 6.07) is 1.27. The van der Waals surface area contributed by atoms with Gasteiger partial charge in [-0.15, -0.1) is 11.8 Å². The third-order valence-electron chi connectivity index (χ3n) is 1.57. The first kappa shape index (κ1) is 11.1. The van der Waals surface area contributed by atoms with Gasteiger partial charge >= 0.3 is 5.97 Å². The van der Waals surface area contributed by atoms with Gasteiger partial charge in [-0.05, 0) is 6.26 Å². The molecule has 0 fully saturated rings. The van der Waals surface area contributed by atoms with Crippen LogP contribution >= 0.6 is 23.4 Å². The van der Waals surface area contributed by atoms with Gasteiger partial charge in [-0.1, -0.05) is 11.6 Å². The summed E-state index contributed by atoms with van der Waals surface area (Å²) in [5, 5.41) is 17.6. The van der Waals surface area contributed by atoms with Gasteiger partial charge in [0, 0.05) is 12.3 Å². The number of thioether (sulfide) groups is 1. The van der Waals surface area contributed by atoms with Crippen molar-refractivity contribution in [3.05, 3.63) is 23.0 Å². The Morgan fingerprint density at radius 3 is 2.79 bits per heavy atom. The van der Waals surface area contributed by atoms with E-state index in [9.17, 15) is 9.90 Å². The molecular formula is C8H8ClNO3S. The standard InChI is InChI=1S/C8H8ClNO3S/c1-14-7(8(12)13)6-5(11)2-4(9)3-10-6/h2-3,7,11H,1H3,(H,12,13). The van der Waals surface area contributed by atoms with Crippen molar-refractivity contribution < 1.29 is 15.0 Å². The number of aromatic hydroxyl groups is 1. The highest BCUT2D eigenvalue weighted by Crippen LogP contribution is 2.32. The molecule has 1 aromatic rings. The maximum absolute atomic E-state index is 10.8. The number of hydrogen-bond acceptors (Lipinski definition) is 4. The van der Waals surface area contributed by atoms with Crippen molar-refractivity contribution in [2.45, 2.75) is 5.25 Å². The fourth-order valence-electron chi connectivity index (χ4n) is 0.971. The van der Waals surface area contributed by atoms with Crippen molar-refractivity contribution in [1.29, 1.82) is 0 Å². The van der Waals surface area contributed by atoms with Crippen LogP contribution in [0, 0.1) is 0 Å². The highest BCUT2D eigenvalue weighted by Gasteiger charge is 2.23. The number of carboxylic acid groups (broad SMARTS) is 1. The number of carbonyl (C=O) groups is 1. The summed E-state index contributed by atoms with van der Waals surface area (Å²) in [5.74, 6) is -1.23. The molecular weight excluding hydrogens is 226 g/mol. The molecule has 1 unspecified atom stereocenters. The van der Waals surface area contributed by atoms with Gasteiger partial charge < -0.3 is 10.2 Å². The zero-order chi connectivity index (χ0) is 10.7. The summed E-state index contributed by atoms with van der Waals surface area (Å²) in [6.07, 6.45) is 2.94. The quantitative estimate of drug-likeness (QED) is 0.835. The highest BCUT2D eigenvalue weighted by atomic mass is 35.5. The second-order valence-electron chi connectivity index (χ2n) is 2.51. The van der Waals surface area contributed by atoms with Crippen molar-refractivity contribution in [2.24, 2.45) is 0 Å². The van der Waals surface area contributed by atoms with Crippen molar-refractivity contribution in [2.75, 3.05) is 6.26 Å². The molecule has 0 aliphatic carbocycles. The molecule has 6 heteroatoms. The highest BCUT2D eigenvalue weighted by molar-refractivity contribution is 7.99. The minimum absolute atomic E-state index is 0.120. The van der Waals surface area contributed by atoms with Crippen LogP contribution in [0.4, 0.5) is 0 Å². The maximum Gasteiger partial charge on any atom is 0.322 e. The monoisotopic (exact) mass is 233 g/mol. The molecule has 0 aromatic carbocycles. The Morgan fingerprint density at radius 1 is 1.71 bits per heavy atom. The van der Waals surface area contributed by atoms with E-state index in [0.29, 0.717) is 0 Å². The predicted molar refractivity (Wildman–Crippen MR) is 54.8 cm³/mol. The average molecular weight is 234 g/mol. The Balaban J connectivity index is 3.10. The number of halogens is 1. The van der Waals surface area contributed by atoms with E-state index in [1.807, 2.05) is 0 Å². The van der Waals surface area contributed by atoms with E-state index in [1.54, 1.807) is 6.26 Å². The van der Waals surface area contributed by atoms with Crippen molar-refractivity contribution in [3.63, 3.8) is 0 Å². The van der Waals surface area contributed by atoms with E-state index < -0.39 is 11.2 Å². The van der Waals surface area contributed by atoms with Gasteiger partial charge in [0.1, 0.15) is 16.7 Å². The molecule has 14 heavy (non-hydrogen) atoms. The summed E-state index contributed by atoms with van der Waals surface area (Å²) in [6.45, 7) is 0. The fraction of sp³-hybridized carbons (Fsp3) is 0.250. The number of aliphatic carboxylic acids is 1. The largest absolute Gasteiger partial charge is 0.506 e. The average Bonchev–Trinajstić information content (AvgIpc) is 2.09. The van der Waals surface area contributed by atoms with Gasteiger partial charge in [-0.25, -0.2) is 0 Å². The minimum atomic E-state index is -1.04. The Labute approximate surface area is 89.9 Å². The molecule has 1 aromatic heterocycles. The zero-order valence-electron chi connectivity index (χ0n) is 7.27. The molecule has 0 bridgehead atoms. The number of pyridine rings is 1. The number of hydrogen-bond donors (Lipinski definition) is 2. The lowest BCUT2D eigenvalue weighted by atomic mass is 10.2. The molecule has 0 radical (unpaired) electrons. The first-order valence-electron chi connectivity index (χ1n) is 3.66. The molecule has 1 rings (SSSR count). The number of carboxylic acids is 1. The maximum atomic E-state index is 10.8. The summed E-state index contributed by atoms with van der Waals surface area (Å²) in [4.78, 5) is 14.5. The first-order valence-corrected chi connectivity index (χ1v) is 5.33. The Kier molecular flexibility index (Phi) is 3.60. The lowest BCUT2D eigenvalue weighted by Gasteiger charge is -2.09. The summed E-state index contributed by atoms with van der Waals surface area (Å²) < 4.78 is 0. The van der Waals surface area contributed by atoms with E-state index in [4.69, 9.17) is 16.7 Å². The Hall–Kier alpha value is -0.940. The number of aromatic nitrogens is 1. The van der Waals surface area contributed by atoms with Crippen molar-refractivity contribution in [3.8, 4) is 5.75 Å². The second kappa shape index (κ2) is 4.52. The van der Waals surface area contributed by atoms with Gasteiger partial charge in [-0.3, -0.25) is 9.78 Å². The van der Waals surface area contributed by atoms with Gasteiger partial charge in [0.15, 0.2) is 0 Å². The first-order chi connectivity index (χ1) is 6.56. The van der Waals surface area contributed by atoms with Crippen LogP contribution in [0.1, 0.15) is 10.9 Å². The number of rotatable bonds is 3. The molecule has 1 heterocycles. The molecule has 76 valence electrons. The SMILES string of the molecule is CSC(C(=O)O)c1ncc(Cl)cc1O. The number of nitrogens with zero attached hydrogens (tertiary/aromatic N) is 1. The molecule has 0 spiro atoms. The molecule has 1 atom stereocenters. The van der Waals surface area contributed by atoms with Crippen LogP contribution in [0.15, 0.2) is 12.3 Å². The summed E-state index contributed by atoms with van der Waals surface area (Å²) in [5.41, 5.74) is 0.120. The van der Waals surface area contributed by atoms with E-state index in [0.717, 1.165) is 11.8 Å². The zero-order valence-corrected chi connectivity index (χ0v) is 8.84. The van der Waals surface area contributed by atoms with Gasteiger partial charge in [0.25, 0.3) is 0 Å². The summed E-state index contributed by atoms with van der Waals surface area (Å²) >= 11 is 6.65. The normalized spacial score (nSPS) is 12.4.